The van der Waals surface area contributed by atoms with Crippen LogP contribution in [0.3, 0.4) is 0 Å². The molecule has 0 amide bonds. The topological polar surface area (TPSA) is 28.5 Å². The van der Waals surface area contributed by atoms with Crippen LogP contribution in [-0.4, -0.2) is 29.8 Å². The van der Waals surface area contributed by atoms with Gasteiger partial charge in [0, 0.05) is 32.1 Å². The second-order valence-corrected chi connectivity index (χ2v) is 6.83. The first-order valence-electron chi connectivity index (χ1n) is 8.59. The van der Waals surface area contributed by atoms with E-state index < -0.39 is 0 Å². The molecule has 0 spiro atoms. The van der Waals surface area contributed by atoms with Crippen LogP contribution in [0.1, 0.15) is 27.8 Å². The van der Waals surface area contributed by atoms with Gasteiger partial charge in [0.25, 0.3) is 0 Å². The smallest absolute Gasteiger partial charge is 0.131 e. The van der Waals surface area contributed by atoms with Gasteiger partial charge in [0.1, 0.15) is 5.84 Å². The van der Waals surface area contributed by atoms with Gasteiger partial charge >= 0.3 is 0 Å². The summed E-state index contributed by atoms with van der Waals surface area (Å²) in [5.41, 5.74) is 8.79. The first kappa shape index (κ1) is 17.2. The van der Waals surface area contributed by atoms with Crippen LogP contribution in [0.5, 0.6) is 0 Å². The maximum atomic E-state index is 4.90. The SMILES string of the molecule is Cc1cc(C)c2ccc(C(=NCc3cccnc3)N(C)C)c-2c(C)c1. The Bertz CT molecular complexity index is 879. The Hall–Kier alpha value is -2.68. The third kappa shape index (κ3) is 3.55. The van der Waals surface area contributed by atoms with E-state index in [1.165, 1.54) is 33.4 Å². The normalized spacial score (nSPS) is 11.8. The highest BCUT2D eigenvalue weighted by Crippen LogP contribution is 2.34. The number of nitrogens with zero attached hydrogens (tertiary/aromatic N) is 3. The second-order valence-electron chi connectivity index (χ2n) is 6.83. The lowest BCUT2D eigenvalue weighted by atomic mass is 10.0. The summed E-state index contributed by atoms with van der Waals surface area (Å²) in [5.74, 6) is 1.00. The predicted octanol–water partition coefficient (Wildman–Crippen LogP) is 4.62. The molecule has 0 bridgehead atoms. The third-order valence-corrected chi connectivity index (χ3v) is 4.46. The maximum Gasteiger partial charge on any atom is 0.131 e. The van der Waals surface area contributed by atoms with Crippen LogP contribution in [-0.2, 0) is 6.54 Å². The fourth-order valence-electron chi connectivity index (χ4n) is 3.42. The first-order chi connectivity index (χ1) is 12.0. The summed E-state index contributed by atoms with van der Waals surface area (Å²) in [4.78, 5) is 11.2. The molecule has 3 nitrogen and oxygen atoms in total. The molecule has 2 aliphatic carbocycles. The minimum atomic E-state index is 0.629. The number of aryl methyl sites for hydroxylation is 3. The van der Waals surface area contributed by atoms with Crippen LogP contribution in [0.2, 0.25) is 0 Å². The quantitative estimate of drug-likeness (QED) is 0.517. The highest BCUT2D eigenvalue weighted by atomic mass is 15.1. The van der Waals surface area contributed by atoms with Gasteiger partial charge in [-0.2, -0.15) is 0 Å². The molecule has 128 valence electrons. The molecule has 2 aliphatic rings. The van der Waals surface area contributed by atoms with Crippen molar-refractivity contribution in [3.8, 4) is 11.1 Å². The van der Waals surface area contributed by atoms with E-state index in [2.05, 4.69) is 75.1 Å². The Morgan fingerprint density at radius 1 is 1.04 bits per heavy atom. The zero-order chi connectivity index (χ0) is 18.0. The van der Waals surface area contributed by atoms with E-state index in [0.717, 1.165) is 11.4 Å². The van der Waals surface area contributed by atoms with Crippen molar-refractivity contribution in [3.05, 3.63) is 76.6 Å². The highest BCUT2D eigenvalue weighted by molar-refractivity contribution is 6.06. The summed E-state index contributed by atoms with van der Waals surface area (Å²) < 4.78 is 0. The molecule has 0 saturated heterocycles. The van der Waals surface area contributed by atoms with Crippen molar-refractivity contribution in [3.63, 3.8) is 0 Å². The van der Waals surface area contributed by atoms with Crippen molar-refractivity contribution in [1.29, 1.82) is 0 Å². The lowest BCUT2D eigenvalue weighted by Gasteiger charge is -2.17. The van der Waals surface area contributed by atoms with Gasteiger partial charge in [-0.05, 0) is 54.7 Å². The summed E-state index contributed by atoms with van der Waals surface area (Å²) in [7, 11) is 4.11. The number of aromatic nitrogens is 1. The zero-order valence-electron chi connectivity index (χ0n) is 15.7. The number of aliphatic imine (C=N–C) groups is 1. The Balaban J connectivity index is 2.10. The Kier molecular flexibility index (Phi) is 4.84. The number of rotatable bonds is 3. The number of hydrogen-bond donors (Lipinski definition) is 0. The van der Waals surface area contributed by atoms with Crippen LogP contribution < -0.4 is 0 Å². The van der Waals surface area contributed by atoms with Gasteiger partial charge < -0.3 is 4.90 Å². The number of pyridine rings is 1. The molecule has 1 aromatic heterocycles. The monoisotopic (exact) mass is 331 g/mol. The summed E-state index contributed by atoms with van der Waals surface area (Å²) >= 11 is 0. The fraction of sp³-hybridized carbons (Fsp3) is 0.273. The predicted molar refractivity (Wildman–Crippen MR) is 105 cm³/mol. The van der Waals surface area contributed by atoms with Crippen molar-refractivity contribution >= 4 is 5.84 Å². The zero-order valence-corrected chi connectivity index (χ0v) is 15.7. The molecule has 0 radical (unpaired) electrons. The molecule has 0 aliphatic heterocycles. The average molecular weight is 331 g/mol. The van der Waals surface area contributed by atoms with Crippen LogP contribution in [0, 0.1) is 20.8 Å². The van der Waals surface area contributed by atoms with Gasteiger partial charge in [-0.15, -0.1) is 0 Å². The van der Waals surface area contributed by atoms with Gasteiger partial charge in [-0.1, -0.05) is 35.9 Å². The Morgan fingerprint density at radius 3 is 2.48 bits per heavy atom. The molecular formula is C22H25N3. The van der Waals surface area contributed by atoms with Crippen LogP contribution >= 0.6 is 0 Å². The van der Waals surface area contributed by atoms with Crippen molar-refractivity contribution in [1.82, 2.24) is 9.88 Å². The first-order valence-corrected chi connectivity index (χ1v) is 8.59. The van der Waals surface area contributed by atoms with Crippen LogP contribution in [0.4, 0.5) is 0 Å². The minimum absolute atomic E-state index is 0.629. The molecule has 1 heterocycles. The van der Waals surface area contributed by atoms with E-state index in [1.54, 1.807) is 6.20 Å². The molecule has 0 N–H and O–H groups in total. The lowest BCUT2D eigenvalue weighted by Crippen LogP contribution is -2.23. The average Bonchev–Trinajstić information content (AvgIpc) is 2.96. The number of fused-ring (bicyclic) bond motifs is 1. The summed E-state index contributed by atoms with van der Waals surface area (Å²) in [6.07, 6.45) is 3.66. The molecule has 25 heavy (non-hydrogen) atoms. The van der Waals surface area contributed by atoms with Crippen molar-refractivity contribution < 1.29 is 0 Å². The third-order valence-electron chi connectivity index (χ3n) is 4.46. The lowest BCUT2D eigenvalue weighted by molar-refractivity contribution is 0.619. The molecule has 0 fully saturated rings. The van der Waals surface area contributed by atoms with E-state index >= 15 is 0 Å². The van der Waals surface area contributed by atoms with Gasteiger partial charge in [-0.3, -0.25) is 9.98 Å². The highest BCUT2D eigenvalue weighted by Gasteiger charge is 2.19. The molecular weight excluding hydrogens is 306 g/mol. The van der Waals surface area contributed by atoms with Crippen molar-refractivity contribution in [2.45, 2.75) is 27.3 Å². The summed E-state index contributed by atoms with van der Waals surface area (Å²) in [6, 6.07) is 12.9. The largest absolute Gasteiger partial charge is 0.363 e. The standard InChI is InChI=1S/C22H25N3/c1-15-11-16(2)19-8-9-20(21(19)17(3)12-15)22(25(4)5)24-14-18-7-6-10-23-13-18/h6-13H,14H2,1-5H3. The van der Waals surface area contributed by atoms with Crippen molar-refractivity contribution in [2.75, 3.05) is 14.1 Å². The van der Waals surface area contributed by atoms with Gasteiger partial charge in [-0.25, -0.2) is 0 Å². The Morgan fingerprint density at radius 2 is 1.80 bits per heavy atom. The van der Waals surface area contributed by atoms with E-state index in [1.807, 2.05) is 12.3 Å². The second kappa shape index (κ2) is 7.06. The summed E-state index contributed by atoms with van der Waals surface area (Å²) in [5, 5.41) is 0. The summed E-state index contributed by atoms with van der Waals surface area (Å²) in [6.45, 7) is 7.15. The van der Waals surface area contributed by atoms with Gasteiger partial charge in [0.15, 0.2) is 0 Å². The molecule has 0 aromatic carbocycles. The van der Waals surface area contributed by atoms with E-state index in [4.69, 9.17) is 4.99 Å². The van der Waals surface area contributed by atoms with Crippen LogP contribution in [0.15, 0.2) is 53.8 Å². The van der Waals surface area contributed by atoms with Gasteiger partial charge in [0.05, 0.1) is 6.54 Å². The minimum Gasteiger partial charge on any atom is -0.363 e. The molecule has 0 unspecified atom stereocenters. The number of amidine groups is 1. The molecule has 0 atom stereocenters. The van der Waals surface area contributed by atoms with E-state index in [-0.39, 0.29) is 0 Å². The van der Waals surface area contributed by atoms with E-state index in [9.17, 15) is 0 Å². The molecule has 3 rings (SSSR count). The molecule has 1 aromatic rings. The van der Waals surface area contributed by atoms with Crippen molar-refractivity contribution in [2.24, 2.45) is 4.99 Å². The maximum absolute atomic E-state index is 4.90. The Labute approximate surface area is 150 Å². The fourth-order valence-corrected chi connectivity index (χ4v) is 3.42. The van der Waals surface area contributed by atoms with Gasteiger partial charge in [0.2, 0.25) is 0 Å². The molecule has 3 heteroatoms. The van der Waals surface area contributed by atoms with E-state index in [0.29, 0.717) is 6.54 Å². The number of hydrogen-bond acceptors (Lipinski definition) is 2. The molecule has 0 saturated carbocycles. The van der Waals surface area contributed by atoms with Crippen LogP contribution in [0.25, 0.3) is 11.1 Å².